The number of carbonyl (C=O) groups is 1. The fourth-order valence-electron chi connectivity index (χ4n) is 3.47. The van der Waals surface area contributed by atoms with Gasteiger partial charge >= 0.3 is 6.20 Å². The Morgan fingerprint density at radius 3 is 2.94 bits per heavy atom. The van der Waals surface area contributed by atoms with Gasteiger partial charge in [-0.2, -0.15) is 0 Å². The fraction of sp³-hybridized carbons (Fsp3) is 0.750. The molecule has 4 heteroatoms. The van der Waals surface area contributed by atoms with Crippen LogP contribution in [0, 0.1) is 28.6 Å². The summed E-state index contributed by atoms with van der Waals surface area (Å²) in [5.41, 5.74) is -0.296. The van der Waals surface area contributed by atoms with Crippen LogP contribution in [0.15, 0.2) is 12.0 Å². The predicted octanol–water partition coefficient (Wildman–Crippen LogP) is 2.88. The van der Waals surface area contributed by atoms with E-state index in [1.807, 2.05) is 13.8 Å². The third-order valence-corrected chi connectivity index (χ3v) is 4.44. The van der Waals surface area contributed by atoms with Gasteiger partial charge in [0, 0.05) is 17.3 Å². The first kappa shape index (κ1) is 11.1. The van der Waals surface area contributed by atoms with Crippen LogP contribution in [-0.4, -0.2) is 10.9 Å². The summed E-state index contributed by atoms with van der Waals surface area (Å²) in [5, 5.41) is 18.3. The van der Waals surface area contributed by atoms with E-state index in [9.17, 15) is 9.90 Å². The molecule has 16 heavy (non-hydrogen) atoms. The lowest BCUT2D eigenvalue weighted by Gasteiger charge is -2.50. The summed E-state index contributed by atoms with van der Waals surface area (Å²) >= 11 is 0. The van der Waals surface area contributed by atoms with Gasteiger partial charge in [-0.15, -0.1) is 0 Å². The maximum atomic E-state index is 12.1. The standard InChI is InChI=1S/C12H16N2O2/c1-7-8-3-4-12(2,11(7)16)5-9(8)10(15)6-14-13/h6-9H,3-5H2,1-2H3/p+1/b10-6-/t7-,8+,9+,12+/m0/s1. The Kier molecular flexibility index (Phi) is 2.49. The summed E-state index contributed by atoms with van der Waals surface area (Å²) < 4.78 is 0. The molecule has 2 bridgehead atoms. The lowest BCUT2D eigenvalue weighted by Crippen LogP contribution is -2.51. The van der Waals surface area contributed by atoms with Gasteiger partial charge in [-0.05, 0) is 25.2 Å². The molecule has 0 heterocycles. The first-order chi connectivity index (χ1) is 7.49. The quantitative estimate of drug-likeness (QED) is 0.547. The molecule has 3 saturated carbocycles. The number of rotatable bonds is 1. The first-order valence-corrected chi connectivity index (χ1v) is 5.77. The van der Waals surface area contributed by atoms with Gasteiger partial charge in [0.2, 0.25) is 5.39 Å². The van der Waals surface area contributed by atoms with Crippen LogP contribution < -0.4 is 0 Å². The van der Waals surface area contributed by atoms with E-state index in [4.69, 9.17) is 5.39 Å². The zero-order valence-electron chi connectivity index (χ0n) is 9.68. The number of aliphatic hydroxyl groups excluding tert-OH is 1. The van der Waals surface area contributed by atoms with Gasteiger partial charge in [0.15, 0.2) is 10.7 Å². The molecular weight excluding hydrogens is 204 g/mol. The number of hydrogen-bond acceptors (Lipinski definition) is 3. The van der Waals surface area contributed by atoms with Gasteiger partial charge in [0.1, 0.15) is 5.78 Å². The number of aliphatic hydroxyl groups is 1. The van der Waals surface area contributed by atoms with Gasteiger partial charge in [0.25, 0.3) is 0 Å². The number of hydrogen-bond donors (Lipinski definition) is 1. The minimum absolute atomic E-state index is 0.00624. The molecule has 0 unspecified atom stereocenters. The van der Waals surface area contributed by atoms with Gasteiger partial charge in [-0.3, -0.25) is 4.79 Å². The Morgan fingerprint density at radius 2 is 2.38 bits per heavy atom. The molecule has 0 radical (unpaired) electrons. The van der Waals surface area contributed by atoms with Crippen LogP contribution in [-0.2, 0) is 4.79 Å². The highest BCUT2D eigenvalue weighted by Crippen LogP contribution is 2.54. The monoisotopic (exact) mass is 221 g/mol. The second kappa shape index (κ2) is 3.58. The van der Waals surface area contributed by atoms with Crippen molar-refractivity contribution in [3.8, 4) is 0 Å². The van der Waals surface area contributed by atoms with Crippen LogP contribution in [0.4, 0.5) is 0 Å². The lowest BCUT2D eigenvalue weighted by molar-refractivity contribution is -0.147. The molecular formula is C12H17N2O2+. The Bertz CT molecular complexity index is 396. The summed E-state index contributed by atoms with van der Waals surface area (Å²) in [7, 11) is 0. The van der Waals surface area contributed by atoms with Crippen molar-refractivity contribution in [3.05, 3.63) is 16.9 Å². The molecule has 3 rings (SSSR count). The van der Waals surface area contributed by atoms with Crippen molar-refractivity contribution in [2.24, 2.45) is 23.2 Å². The molecule has 86 valence electrons. The molecule has 0 aliphatic heterocycles. The Labute approximate surface area is 95.0 Å². The zero-order chi connectivity index (χ0) is 11.9. The number of carbonyl (C=O) groups excluding carboxylic acids is 1. The number of ketones is 1. The molecule has 4 atom stereocenters. The molecule has 0 saturated heterocycles. The van der Waals surface area contributed by atoms with E-state index in [-0.39, 0.29) is 28.9 Å². The second-order valence-corrected chi connectivity index (χ2v) is 5.40. The van der Waals surface area contributed by atoms with Gasteiger partial charge in [0.05, 0.1) is 0 Å². The predicted molar refractivity (Wildman–Crippen MR) is 58.9 cm³/mol. The van der Waals surface area contributed by atoms with Crippen molar-refractivity contribution in [1.29, 1.82) is 5.39 Å². The van der Waals surface area contributed by atoms with Crippen molar-refractivity contribution in [2.45, 2.75) is 33.1 Å². The van der Waals surface area contributed by atoms with E-state index < -0.39 is 0 Å². The molecule has 0 amide bonds. The molecule has 3 aliphatic rings. The van der Waals surface area contributed by atoms with Gasteiger partial charge < -0.3 is 5.11 Å². The molecule has 4 nitrogen and oxygen atoms in total. The molecule has 0 aromatic carbocycles. The number of nitrogens with zero attached hydrogens (tertiary/aromatic N) is 2. The van der Waals surface area contributed by atoms with E-state index >= 15 is 0 Å². The highest BCUT2D eigenvalue weighted by atomic mass is 16.3. The van der Waals surface area contributed by atoms with Crippen LogP contribution in [0.3, 0.4) is 0 Å². The van der Waals surface area contributed by atoms with Gasteiger partial charge in [-0.25, -0.2) is 0 Å². The Morgan fingerprint density at radius 1 is 1.69 bits per heavy atom. The van der Waals surface area contributed by atoms with Crippen molar-refractivity contribution in [1.82, 2.24) is 0 Å². The normalized spacial score (nSPS) is 43.2. The summed E-state index contributed by atoms with van der Waals surface area (Å²) in [6.07, 6.45) is 3.66. The largest absolute Gasteiger partial charge is 0.505 e. The van der Waals surface area contributed by atoms with Crippen LogP contribution in [0.5, 0.6) is 0 Å². The highest BCUT2D eigenvalue weighted by molar-refractivity contribution is 5.88. The minimum atomic E-state index is -0.296. The molecule has 3 fully saturated rings. The van der Waals surface area contributed by atoms with Crippen LogP contribution in [0.1, 0.15) is 33.1 Å². The average Bonchev–Trinajstić information content (AvgIpc) is 2.25. The van der Waals surface area contributed by atoms with Crippen molar-refractivity contribution in [2.75, 3.05) is 0 Å². The van der Waals surface area contributed by atoms with E-state index in [0.29, 0.717) is 12.2 Å². The number of Topliss-reactive ketones (excluding diaryl/α,β-unsaturated/α-hetero) is 1. The van der Waals surface area contributed by atoms with Crippen LogP contribution in [0.25, 0.3) is 4.98 Å². The van der Waals surface area contributed by atoms with E-state index in [1.54, 1.807) is 0 Å². The van der Waals surface area contributed by atoms with Crippen molar-refractivity contribution in [3.63, 3.8) is 0 Å². The number of allylic oxidation sites excluding steroid dienone is 1. The third-order valence-electron chi connectivity index (χ3n) is 4.44. The first-order valence-electron chi connectivity index (χ1n) is 5.77. The van der Waals surface area contributed by atoms with Crippen LogP contribution in [0.2, 0.25) is 0 Å². The number of fused-ring (bicyclic) bond motifs is 3. The minimum Gasteiger partial charge on any atom is -0.505 e. The SMILES string of the molecule is C[C@@H]1C(=O)[C@]2(C)CC[C@H]1[C@H](/C(O)=C/[N+]#N)C2. The fourth-order valence-corrected chi connectivity index (χ4v) is 3.47. The summed E-state index contributed by atoms with van der Waals surface area (Å²) in [6.45, 7) is 3.93. The lowest BCUT2D eigenvalue weighted by atomic mass is 9.52. The molecule has 3 aliphatic carbocycles. The van der Waals surface area contributed by atoms with Crippen molar-refractivity contribution >= 4 is 5.78 Å². The van der Waals surface area contributed by atoms with Crippen LogP contribution >= 0.6 is 0 Å². The smallest absolute Gasteiger partial charge is 0.387 e. The van der Waals surface area contributed by atoms with E-state index in [1.165, 1.54) is 0 Å². The topological polar surface area (TPSA) is 65.4 Å². The summed E-state index contributed by atoms with van der Waals surface area (Å²) in [5.74, 6) is 0.618. The zero-order valence-corrected chi connectivity index (χ0v) is 9.68. The van der Waals surface area contributed by atoms with Crippen molar-refractivity contribution < 1.29 is 9.90 Å². The Hall–Kier alpha value is -1.37. The summed E-state index contributed by atoms with van der Waals surface area (Å²) in [6, 6.07) is 0. The molecule has 0 aromatic rings. The molecule has 0 spiro atoms. The third kappa shape index (κ3) is 1.42. The van der Waals surface area contributed by atoms with Gasteiger partial charge in [-0.1, -0.05) is 13.8 Å². The van der Waals surface area contributed by atoms with E-state index in [0.717, 1.165) is 19.0 Å². The maximum absolute atomic E-state index is 12.1. The maximum Gasteiger partial charge on any atom is 0.387 e. The highest BCUT2D eigenvalue weighted by Gasteiger charge is 2.54. The number of diazo groups is 1. The summed E-state index contributed by atoms with van der Waals surface area (Å²) in [4.78, 5) is 14.9. The second-order valence-electron chi connectivity index (χ2n) is 5.40. The average molecular weight is 221 g/mol. The van der Waals surface area contributed by atoms with E-state index in [2.05, 4.69) is 4.98 Å². The molecule has 0 aromatic heterocycles. The molecule has 1 N–H and O–H groups in total. The Balaban J connectivity index is 2.31.